The summed E-state index contributed by atoms with van der Waals surface area (Å²) in [6.45, 7) is 9.96. The van der Waals surface area contributed by atoms with Crippen LogP contribution in [-0.4, -0.2) is 68.7 Å². The topological polar surface area (TPSA) is 72.2 Å². The van der Waals surface area contributed by atoms with Crippen LogP contribution in [0.2, 0.25) is 0 Å². The molecule has 4 rings (SSSR count). The summed E-state index contributed by atoms with van der Waals surface area (Å²) in [5.41, 5.74) is 2.11. The molecular weight excluding hydrogens is 342 g/mol. The van der Waals surface area contributed by atoms with E-state index in [-0.39, 0.29) is 6.10 Å². The van der Waals surface area contributed by atoms with Gasteiger partial charge in [0, 0.05) is 44.6 Å². The minimum atomic E-state index is 0.0836. The summed E-state index contributed by atoms with van der Waals surface area (Å²) in [6, 6.07) is 6.34. The van der Waals surface area contributed by atoms with Crippen LogP contribution in [0, 0.1) is 0 Å². The molecular formula is C19H25N7O. The number of aromatic nitrogens is 5. The van der Waals surface area contributed by atoms with Crippen molar-refractivity contribution in [1.82, 2.24) is 29.9 Å². The summed E-state index contributed by atoms with van der Waals surface area (Å²) in [6.07, 6.45) is 5.27. The van der Waals surface area contributed by atoms with Crippen molar-refractivity contribution < 1.29 is 4.74 Å². The molecule has 8 nitrogen and oxygen atoms in total. The SMILES string of the molecule is CC(C)Oc1ncnc2ccc(N3CCN(CCn4ccnn4)CC3)cc12. The van der Waals surface area contributed by atoms with Crippen LogP contribution in [-0.2, 0) is 6.54 Å². The van der Waals surface area contributed by atoms with Gasteiger partial charge in [-0.05, 0) is 32.0 Å². The van der Waals surface area contributed by atoms with Gasteiger partial charge in [-0.15, -0.1) is 5.10 Å². The van der Waals surface area contributed by atoms with Crippen LogP contribution in [0.5, 0.6) is 5.88 Å². The number of anilines is 1. The first-order chi connectivity index (χ1) is 13.2. The lowest BCUT2D eigenvalue weighted by Gasteiger charge is -2.36. The fourth-order valence-corrected chi connectivity index (χ4v) is 3.36. The molecule has 142 valence electrons. The molecule has 1 aromatic carbocycles. The van der Waals surface area contributed by atoms with Crippen LogP contribution < -0.4 is 9.64 Å². The van der Waals surface area contributed by atoms with Crippen molar-refractivity contribution in [3.05, 3.63) is 36.9 Å². The highest BCUT2D eigenvalue weighted by Gasteiger charge is 2.18. The predicted molar refractivity (Wildman–Crippen MR) is 104 cm³/mol. The fraction of sp³-hybridized carbons (Fsp3) is 0.474. The first kappa shape index (κ1) is 17.7. The lowest BCUT2D eigenvalue weighted by atomic mass is 10.2. The Kier molecular flexibility index (Phi) is 5.15. The molecule has 0 radical (unpaired) electrons. The maximum absolute atomic E-state index is 5.86. The maximum atomic E-state index is 5.86. The van der Waals surface area contributed by atoms with Crippen LogP contribution >= 0.6 is 0 Å². The van der Waals surface area contributed by atoms with Gasteiger partial charge < -0.3 is 9.64 Å². The van der Waals surface area contributed by atoms with Crippen molar-refractivity contribution in [2.24, 2.45) is 0 Å². The highest BCUT2D eigenvalue weighted by atomic mass is 16.5. The molecule has 0 unspecified atom stereocenters. The average molecular weight is 367 g/mol. The summed E-state index contributed by atoms with van der Waals surface area (Å²) >= 11 is 0. The van der Waals surface area contributed by atoms with Crippen molar-refractivity contribution in [3.8, 4) is 5.88 Å². The molecule has 0 bridgehead atoms. The lowest BCUT2D eigenvalue weighted by molar-refractivity contribution is 0.235. The molecule has 0 amide bonds. The van der Waals surface area contributed by atoms with Gasteiger partial charge in [0.05, 0.1) is 29.7 Å². The molecule has 27 heavy (non-hydrogen) atoms. The van der Waals surface area contributed by atoms with E-state index in [2.05, 4.69) is 48.3 Å². The highest BCUT2D eigenvalue weighted by Crippen LogP contribution is 2.27. The minimum absolute atomic E-state index is 0.0836. The van der Waals surface area contributed by atoms with E-state index in [1.165, 1.54) is 5.69 Å². The van der Waals surface area contributed by atoms with Gasteiger partial charge in [-0.3, -0.25) is 9.58 Å². The zero-order valence-electron chi connectivity index (χ0n) is 15.8. The van der Waals surface area contributed by atoms with Crippen LogP contribution in [0.4, 0.5) is 5.69 Å². The molecule has 8 heteroatoms. The molecule has 1 aliphatic rings. The smallest absolute Gasteiger partial charge is 0.224 e. The van der Waals surface area contributed by atoms with Crippen molar-refractivity contribution in [1.29, 1.82) is 0 Å². The van der Waals surface area contributed by atoms with Crippen LogP contribution in [0.15, 0.2) is 36.9 Å². The third-order valence-electron chi connectivity index (χ3n) is 4.78. The predicted octanol–water partition coefficient (Wildman–Crippen LogP) is 1.83. The van der Waals surface area contributed by atoms with Gasteiger partial charge in [0.15, 0.2) is 0 Å². The van der Waals surface area contributed by atoms with Crippen LogP contribution in [0.1, 0.15) is 13.8 Å². The van der Waals surface area contributed by atoms with Gasteiger partial charge in [0.1, 0.15) is 6.33 Å². The number of nitrogens with zero attached hydrogens (tertiary/aromatic N) is 7. The van der Waals surface area contributed by atoms with Crippen molar-refractivity contribution in [3.63, 3.8) is 0 Å². The monoisotopic (exact) mass is 367 g/mol. The first-order valence-electron chi connectivity index (χ1n) is 9.42. The van der Waals surface area contributed by atoms with E-state index >= 15 is 0 Å². The van der Waals surface area contributed by atoms with E-state index in [4.69, 9.17) is 4.74 Å². The largest absolute Gasteiger partial charge is 0.474 e. The Morgan fingerprint density at radius 1 is 1.07 bits per heavy atom. The average Bonchev–Trinajstić information content (AvgIpc) is 3.20. The zero-order chi connectivity index (χ0) is 18.6. The molecule has 0 N–H and O–H groups in total. The standard InChI is InChI=1S/C19H25N7O/c1-15(2)27-19-17-13-16(3-4-18(17)20-14-21-19)25-10-7-24(8-11-25)9-12-26-6-5-22-23-26/h3-6,13-15H,7-12H2,1-2H3. The van der Waals surface area contributed by atoms with Crippen molar-refractivity contribution in [2.75, 3.05) is 37.6 Å². The number of hydrogen-bond donors (Lipinski definition) is 0. The molecule has 0 atom stereocenters. The minimum Gasteiger partial charge on any atom is -0.474 e. The van der Waals surface area contributed by atoms with Gasteiger partial charge in [0.2, 0.25) is 5.88 Å². The fourth-order valence-electron chi connectivity index (χ4n) is 3.36. The summed E-state index contributed by atoms with van der Waals surface area (Å²) < 4.78 is 7.74. The molecule has 0 spiro atoms. The first-order valence-corrected chi connectivity index (χ1v) is 9.42. The number of ether oxygens (including phenoxy) is 1. The molecule has 2 aromatic heterocycles. The van der Waals surface area contributed by atoms with E-state index in [0.29, 0.717) is 5.88 Å². The van der Waals surface area contributed by atoms with E-state index in [9.17, 15) is 0 Å². The molecule has 0 saturated carbocycles. The summed E-state index contributed by atoms with van der Waals surface area (Å²) in [7, 11) is 0. The van der Waals surface area contributed by atoms with Gasteiger partial charge in [-0.2, -0.15) is 0 Å². The van der Waals surface area contributed by atoms with Crippen LogP contribution in [0.25, 0.3) is 10.9 Å². The highest BCUT2D eigenvalue weighted by molar-refractivity contribution is 5.86. The number of piperazine rings is 1. The number of hydrogen-bond acceptors (Lipinski definition) is 7. The van der Waals surface area contributed by atoms with Gasteiger partial charge >= 0.3 is 0 Å². The number of fused-ring (bicyclic) bond motifs is 1. The molecule has 3 aromatic rings. The Morgan fingerprint density at radius 3 is 2.67 bits per heavy atom. The maximum Gasteiger partial charge on any atom is 0.224 e. The molecule has 1 aliphatic heterocycles. The zero-order valence-corrected chi connectivity index (χ0v) is 15.8. The van der Waals surface area contributed by atoms with Crippen molar-refractivity contribution in [2.45, 2.75) is 26.5 Å². The van der Waals surface area contributed by atoms with Crippen LogP contribution in [0.3, 0.4) is 0 Å². The van der Waals surface area contributed by atoms with Crippen molar-refractivity contribution >= 4 is 16.6 Å². The van der Waals surface area contributed by atoms with E-state index in [1.807, 2.05) is 24.7 Å². The Balaban J connectivity index is 1.42. The number of benzene rings is 1. The second-order valence-electron chi connectivity index (χ2n) is 7.04. The lowest BCUT2D eigenvalue weighted by Crippen LogP contribution is -2.47. The summed E-state index contributed by atoms with van der Waals surface area (Å²) in [4.78, 5) is 13.6. The van der Waals surface area contributed by atoms with E-state index < -0.39 is 0 Å². The van der Waals surface area contributed by atoms with Gasteiger partial charge in [-0.25, -0.2) is 9.97 Å². The second-order valence-corrected chi connectivity index (χ2v) is 7.04. The second kappa shape index (κ2) is 7.87. The molecule has 1 saturated heterocycles. The third kappa shape index (κ3) is 4.16. The Hall–Kier alpha value is -2.74. The molecule has 3 heterocycles. The van der Waals surface area contributed by atoms with Gasteiger partial charge in [-0.1, -0.05) is 5.21 Å². The molecule has 0 aliphatic carbocycles. The Morgan fingerprint density at radius 2 is 1.93 bits per heavy atom. The van der Waals surface area contributed by atoms with E-state index in [0.717, 1.165) is 50.2 Å². The Bertz CT molecular complexity index is 873. The van der Waals surface area contributed by atoms with E-state index in [1.54, 1.807) is 12.5 Å². The third-order valence-corrected chi connectivity index (χ3v) is 4.78. The summed E-state index contributed by atoms with van der Waals surface area (Å²) in [5, 5.41) is 8.85. The summed E-state index contributed by atoms with van der Waals surface area (Å²) in [5.74, 6) is 0.656. The molecule has 1 fully saturated rings. The van der Waals surface area contributed by atoms with Gasteiger partial charge in [0.25, 0.3) is 0 Å². The number of rotatable bonds is 6. The normalized spacial score (nSPS) is 15.6. The quantitative estimate of drug-likeness (QED) is 0.658. The Labute approximate surface area is 158 Å².